The van der Waals surface area contributed by atoms with E-state index in [1.165, 1.54) is 15.9 Å². The number of carbonyl (C=O) groups is 1. The van der Waals surface area contributed by atoms with Crippen LogP contribution in [-0.4, -0.2) is 14.9 Å². The molecule has 3 rings (SSSR count). The van der Waals surface area contributed by atoms with Crippen LogP contribution < -0.4 is 11.2 Å². The van der Waals surface area contributed by atoms with E-state index in [4.69, 9.17) is 0 Å². The molecule has 0 N–H and O–H groups in total. The lowest BCUT2D eigenvalue weighted by Crippen LogP contribution is -2.43. The van der Waals surface area contributed by atoms with Crippen molar-refractivity contribution < 1.29 is 4.79 Å². The average Bonchev–Trinajstić information content (AvgIpc) is 3.13. The number of hydrogen-bond donors (Lipinski definition) is 0. The van der Waals surface area contributed by atoms with Gasteiger partial charge in [-0.3, -0.25) is 18.7 Å². The van der Waals surface area contributed by atoms with Gasteiger partial charge in [-0.25, -0.2) is 4.79 Å². The van der Waals surface area contributed by atoms with Crippen LogP contribution in [0.1, 0.15) is 27.3 Å². The number of aromatic nitrogens is 2. The predicted molar refractivity (Wildman–Crippen MR) is 84.3 cm³/mol. The molecule has 1 aliphatic rings. The maximum Gasteiger partial charge on any atom is 0.331 e. The zero-order chi connectivity index (χ0) is 15.9. The second-order valence-electron chi connectivity index (χ2n) is 4.89. The maximum absolute atomic E-state index is 12.4. The number of ketones is 1. The molecule has 1 aliphatic heterocycles. The van der Waals surface area contributed by atoms with Gasteiger partial charge < -0.3 is 0 Å². The highest BCUT2D eigenvalue weighted by Gasteiger charge is 2.23. The second-order valence-corrected chi connectivity index (χ2v) is 7.35. The first-order chi connectivity index (χ1) is 10.5. The fourth-order valence-corrected chi connectivity index (χ4v) is 3.89. The number of thiophene rings is 1. The lowest BCUT2D eigenvalue weighted by atomic mass is 10.2. The van der Waals surface area contributed by atoms with Crippen molar-refractivity contribution >= 4 is 33.0 Å². The first kappa shape index (κ1) is 14.9. The Morgan fingerprint density at radius 1 is 1.41 bits per heavy atom. The minimum absolute atomic E-state index is 0.0303. The first-order valence-electron chi connectivity index (χ1n) is 6.58. The largest absolute Gasteiger partial charge is 0.331 e. The van der Waals surface area contributed by atoms with Gasteiger partial charge >= 0.3 is 5.69 Å². The number of rotatable bonds is 3. The van der Waals surface area contributed by atoms with Crippen LogP contribution in [0.2, 0.25) is 0 Å². The third kappa shape index (κ3) is 2.36. The van der Waals surface area contributed by atoms with Gasteiger partial charge in [0.1, 0.15) is 11.6 Å². The van der Waals surface area contributed by atoms with E-state index in [-0.39, 0.29) is 17.9 Å². The molecule has 0 saturated heterocycles. The summed E-state index contributed by atoms with van der Waals surface area (Å²) in [5.41, 5.74) is -0.734. The van der Waals surface area contributed by atoms with Gasteiger partial charge in [-0.05, 0) is 40.9 Å². The molecule has 0 aromatic carbocycles. The van der Waals surface area contributed by atoms with E-state index >= 15 is 0 Å². The van der Waals surface area contributed by atoms with Gasteiger partial charge in [0.05, 0.1) is 15.2 Å². The van der Waals surface area contributed by atoms with Crippen molar-refractivity contribution in [3.8, 4) is 6.07 Å². The van der Waals surface area contributed by atoms with Crippen molar-refractivity contribution in [2.24, 2.45) is 0 Å². The second kappa shape index (κ2) is 5.66. The Kier molecular flexibility index (Phi) is 3.85. The van der Waals surface area contributed by atoms with Crippen LogP contribution in [0.5, 0.6) is 0 Å². The molecule has 0 aliphatic carbocycles. The Bertz CT molecular complexity index is 932. The molecule has 8 heteroatoms. The highest BCUT2D eigenvalue weighted by atomic mass is 79.9. The molecule has 22 heavy (non-hydrogen) atoms. The summed E-state index contributed by atoms with van der Waals surface area (Å²) in [6.45, 7) is 0.126. The summed E-state index contributed by atoms with van der Waals surface area (Å²) < 4.78 is 3.09. The summed E-state index contributed by atoms with van der Waals surface area (Å²) >= 11 is 4.51. The molecule has 0 saturated carbocycles. The highest BCUT2D eigenvalue weighted by Crippen LogP contribution is 2.22. The Balaban J connectivity index is 2.09. The number of hydrogen-bond acceptors (Lipinski definition) is 5. The minimum Gasteiger partial charge on any atom is -0.296 e. The molecule has 0 amide bonds. The monoisotopic (exact) mass is 379 g/mol. The van der Waals surface area contributed by atoms with Crippen LogP contribution in [-0.2, 0) is 19.5 Å². The maximum atomic E-state index is 12.4. The van der Waals surface area contributed by atoms with Crippen molar-refractivity contribution in [1.29, 1.82) is 5.26 Å². The Morgan fingerprint density at radius 3 is 2.82 bits per heavy atom. The molecule has 0 radical (unpaired) electrons. The van der Waals surface area contributed by atoms with Gasteiger partial charge in [0.25, 0.3) is 5.56 Å². The molecule has 0 unspecified atom stereocenters. The van der Waals surface area contributed by atoms with Gasteiger partial charge in [0.2, 0.25) is 0 Å². The van der Waals surface area contributed by atoms with Gasteiger partial charge in [0.15, 0.2) is 5.78 Å². The quantitative estimate of drug-likeness (QED) is 0.756. The fourth-order valence-electron chi connectivity index (χ4n) is 2.57. The number of nitrogens with zero attached hydrogens (tertiary/aromatic N) is 3. The lowest BCUT2D eigenvalue weighted by molar-refractivity contribution is 0.0972. The summed E-state index contributed by atoms with van der Waals surface area (Å²) in [6, 6.07) is 5.24. The van der Waals surface area contributed by atoms with Gasteiger partial charge in [-0.15, -0.1) is 11.3 Å². The van der Waals surface area contributed by atoms with E-state index in [9.17, 15) is 19.6 Å². The molecule has 3 heterocycles. The highest BCUT2D eigenvalue weighted by molar-refractivity contribution is 9.11. The van der Waals surface area contributed by atoms with E-state index in [0.717, 1.165) is 14.8 Å². The normalized spacial score (nSPS) is 12.9. The van der Waals surface area contributed by atoms with Crippen molar-refractivity contribution in [3.63, 3.8) is 0 Å². The average molecular weight is 380 g/mol. The van der Waals surface area contributed by atoms with E-state index in [2.05, 4.69) is 15.9 Å². The molecule has 0 spiro atoms. The van der Waals surface area contributed by atoms with Crippen molar-refractivity contribution in [1.82, 2.24) is 9.13 Å². The molecule has 2 aromatic rings. The van der Waals surface area contributed by atoms with Crippen LogP contribution in [0.3, 0.4) is 0 Å². The van der Waals surface area contributed by atoms with Gasteiger partial charge in [-0.1, -0.05) is 0 Å². The zero-order valence-corrected chi connectivity index (χ0v) is 13.7. The van der Waals surface area contributed by atoms with Crippen LogP contribution in [0.15, 0.2) is 25.5 Å². The van der Waals surface area contributed by atoms with Gasteiger partial charge in [-0.2, -0.15) is 5.26 Å². The third-order valence-electron chi connectivity index (χ3n) is 3.59. The number of nitriles is 1. The topological polar surface area (TPSA) is 84.9 Å². The Morgan fingerprint density at radius 2 is 2.18 bits per heavy atom. The number of halogens is 1. The van der Waals surface area contributed by atoms with E-state index < -0.39 is 11.2 Å². The summed E-state index contributed by atoms with van der Waals surface area (Å²) in [4.78, 5) is 37.4. The molecule has 0 bridgehead atoms. The lowest BCUT2D eigenvalue weighted by Gasteiger charge is -2.09. The van der Waals surface area contributed by atoms with Crippen LogP contribution in [0, 0.1) is 11.3 Å². The fraction of sp³-hybridized carbons (Fsp3) is 0.286. The van der Waals surface area contributed by atoms with Crippen LogP contribution in [0.25, 0.3) is 0 Å². The molecular weight excluding hydrogens is 370 g/mol. The van der Waals surface area contributed by atoms with Crippen molar-refractivity contribution in [3.05, 3.63) is 52.9 Å². The summed E-state index contributed by atoms with van der Waals surface area (Å²) in [5, 5.41) is 9.18. The number of fused-ring (bicyclic) bond motifs is 1. The summed E-state index contributed by atoms with van der Waals surface area (Å²) in [6.07, 6.45) is 1.26. The summed E-state index contributed by atoms with van der Waals surface area (Å²) in [5.74, 6) is -0.322. The zero-order valence-electron chi connectivity index (χ0n) is 11.3. The van der Waals surface area contributed by atoms with Crippen LogP contribution >= 0.6 is 27.3 Å². The van der Waals surface area contributed by atoms with E-state index in [0.29, 0.717) is 23.5 Å². The van der Waals surface area contributed by atoms with Gasteiger partial charge in [0, 0.05) is 12.2 Å². The molecule has 6 nitrogen and oxygen atoms in total. The summed E-state index contributed by atoms with van der Waals surface area (Å²) in [7, 11) is 0. The van der Waals surface area contributed by atoms with Crippen molar-refractivity contribution in [2.75, 3.05) is 0 Å². The molecule has 112 valence electrons. The third-order valence-corrected chi connectivity index (χ3v) is 5.26. The molecule has 2 aromatic heterocycles. The minimum atomic E-state index is -0.676. The Labute approximate surface area is 137 Å². The first-order valence-corrected chi connectivity index (χ1v) is 8.19. The standard InChI is InChI=1S/C14H10BrN3O3S/c15-12-4-3-11(22-12)10(19)7-18-13(20)8(6-16)9-2-1-5-17(9)14(18)21/h3-4H,1-2,5,7H2. The predicted octanol–water partition coefficient (Wildman–Crippen LogP) is 1.53. The smallest absolute Gasteiger partial charge is 0.296 e. The van der Waals surface area contributed by atoms with Crippen LogP contribution in [0.4, 0.5) is 0 Å². The number of carbonyl (C=O) groups excluding carboxylic acids is 1. The molecule has 0 atom stereocenters. The van der Waals surface area contributed by atoms with Crippen molar-refractivity contribution in [2.45, 2.75) is 25.9 Å². The molecule has 0 fully saturated rings. The number of Topliss-reactive ketones (excluding diaryl/α,β-unsaturated/α-hetero) is 1. The van der Waals surface area contributed by atoms with E-state index in [1.54, 1.807) is 12.1 Å². The Hall–Kier alpha value is -1.98. The SMILES string of the molecule is N#Cc1c2n(c(=O)n(CC(=O)c3ccc(Br)s3)c1=O)CCC2. The van der Waals surface area contributed by atoms with E-state index in [1.807, 2.05) is 6.07 Å². The molecular formula is C14H10BrN3O3S.